The first kappa shape index (κ1) is 43.4. The van der Waals surface area contributed by atoms with Gasteiger partial charge in [0.15, 0.2) is 0 Å². The Bertz CT molecular complexity index is 2150. The number of hydrogen-bond acceptors (Lipinski definition) is 10. The van der Waals surface area contributed by atoms with E-state index in [9.17, 15) is 28.8 Å². The molecule has 1 aromatic carbocycles. The minimum atomic E-state index is -1.15. The van der Waals surface area contributed by atoms with Gasteiger partial charge >= 0.3 is 6.03 Å². The van der Waals surface area contributed by atoms with Crippen LogP contribution in [0, 0.1) is 25.7 Å². The maximum Gasteiger partial charge on any atom is 0.330 e. The number of fused-ring (bicyclic) bond motifs is 1. The summed E-state index contributed by atoms with van der Waals surface area (Å²) in [6.45, 7) is 11.8. The number of pyridine rings is 1. The summed E-state index contributed by atoms with van der Waals surface area (Å²) in [5, 5.41) is 11.8. The van der Waals surface area contributed by atoms with E-state index in [1.165, 1.54) is 14.7 Å². The number of benzene rings is 1. The molecule has 0 radical (unpaired) electrons. The number of urea groups is 1. The van der Waals surface area contributed by atoms with Gasteiger partial charge in [0.2, 0.25) is 29.6 Å². The van der Waals surface area contributed by atoms with E-state index in [0.717, 1.165) is 11.3 Å². The smallest absolute Gasteiger partial charge is 0.330 e. The quantitative estimate of drug-likeness (QED) is 0.185. The first-order valence-corrected chi connectivity index (χ1v) is 20.6. The number of rotatable bonds is 14. The summed E-state index contributed by atoms with van der Waals surface area (Å²) >= 11 is 0. The summed E-state index contributed by atoms with van der Waals surface area (Å²) < 4.78 is 0. The predicted molar refractivity (Wildman–Crippen MR) is 226 cm³/mol. The topological polar surface area (TPSA) is 202 Å². The van der Waals surface area contributed by atoms with Crippen LogP contribution in [-0.2, 0) is 25.7 Å². The predicted octanol–water partition coefficient (Wildman–Crippen LogP) is 3.82. The first-order valence-electron chi connectivity index (χ1n) is 20.6. The van der Waals surface area contributed by atoms with Crippen molar-refractivity contribution in [2.24, 2.45) is 11.8 Å². The lowest BCUT2D eigenvalue weighted by Gasteiger charge is -2.35. The Morgan fingerprint density at radius 2 is 1.70 bits per heavy atom. The van der Waals surface area contributed by atoms with E-state index >= 15 is 0 Å². The second-order valence-corrected chi connectivity index (χ2v) is 17.1. The van der Waals surface area contributed by atoms with Crippen LogP contribution in [0.25, 0.3) is 0 Å². The summed E-state index contributed by atoms with van der Waals surface area (Å²) in [6, 6.07) is 5.90. The Kier molecular flexibility index (Phi) is 12.8. The summed E-state index contributed by atoms with van der Waals surface area (Å²) in [7, 11) is 4.91. The van der Waals surface area contributed by atoms with E-state index in [4.69, 9.17) is 0 Å². The molecule has 2 aromatic heterocycles. The average Bonchev–Trinajstić information content (AvgIpc) is 3.82. The lowest BCUT2D eigenvalue weighted by molar-refractivity contribution is -0.142. The summed E-state index contributed by atoms with van der Waals surface area (Å²) in [5.74, 6) is -1.39. The minimum absolute atomic E-state index is 0.153. The molecule has 1 aliphatic carbocycles. The molecule has 4 heterocycles. The number of likely N-dealkylation sites (N-methyl/N-ethyl adjacent to an activating group) is 1. The van der Waals surface area contributed by atoms with E-state index in [-0.39, 0.29) is 35.9 Å². The van der Waals surface area contributed by atoms with Crippen molar-refractivity contribution in [1.82, 2.24) is 40.7 Å². The van der Waals surface area contributed by atoms with E-state index in [2.05, 4.69) is 36.2 Å². The van der Waals surface area contributed by atoms with E-state index in [1.54, 1.807) is 56.6 Å². The van der Waals surface area contributed by atoms with Gasteiger partial charge in [0.05, 0.1) is 18.4 Å². The normalized spacial score (nSPS) is 17.8. The molecule has 60 heavy (non-hydrogen) atoms. The zero-order valence-corrected chi connectivity index (χ0v) is 36.0. The molecule has 2 fully saturated rings. The van der Waals surface area contributed by atoms with Gasteiger partial charge in [-0.25, -0.2) is 9.78 Å². The zero-order chi connectivity index (χ0) is 43.6. The largest absolute Gasteiger partial charge is 0.347 e. The van der Waals surface area contributed by atoms with Gasteiger partial charge in [0.1, 0.15) is 29.5 Å². The SMILES string of the molecule is Cc1ccc(Nc2ncc3c(n2)N(C)C(=O)N(c2cc(C(=O)N[C@H](C(=O)N4CCC[C@H]4C(=O)NC4(C(=O)N[C@@H](CC(C)C)C(=O)N(C)C)CC4)C(C)C)ccc2C)C3)cn1. The van der Waals surface area contributed by atoms with Gasteiger partial charge in [-0.3, -0.25) is 38.8 Å². The summed E-state index contributed by atoms with van der Waals surface area (Å²) in [6.07, 6.45) is 5.61. The van der Waals surface area contributed by atoms with Crippen LogP contribution in [0.1, 0.15) is 87.0 Å². The molecule has 3 atom stereocenters. The average molecular weight is 824 g/mol. The Morgan fingerprint density at radius 3 is 2.33 bits per heavy atom. The third-order valence-electron chi connectivity index (χ3n) is 11.3. The highest BCUT2D eigenvalue weighted by Crippen LogP contribution is 2.37. The van der Waals surface area contributed by atoms with Crippen molar-refractivity contribution in [3.05, 3.63) is 65.1 Å². The van der Waals surface area contributed by atoms with Gasteiger partial charge in [-0.1, -0.05) is 33.8 Å². The molecule has 17 nitrogen and oxygen atoms in total. The van der Waals surface area contributed by atoms with Crippen LogP contribution < -0.4 is 31.1 Å². The van der Waals surface area contributed by atoms with E-state index in [0.29, 0.717) is 67.4 Å². The second-order valence-electron chi connectivity index (χ2n) is 17.1. The molecule has 1 saturated heterocycles. The van der Waals surface area contributed by atoms with Crippen LogP contribution in [0.15, 0.2) is 42.7 Å². The maximum atomic E-state index is 14.2. The van der Waals surface area contributed by atoms with Crippen molar-refractivity contribution < 1.29 is 28.8 Å². The maximum absolute atomic E-state index is 14.2. The third-order valence-corrected chi connectivity index (χ3v) is 11.3. The van der Waals surface area contributed by atoms with Gasteiger partial charge in [-0.2, -0.15) is 4.98 Å². The molecule has 3 aliphatic rings. The highest BCUT2D eigenvalue weighted by atomic mass is 16.2. The number of nitrogens with one attached hydrogen (secondary N) is 4. The Labute approximate surface area is 351 Å². The number of anilines is 4. The Hall–Kier alpha value is -6.13. The summed E-state index contributed by atoms with van der Waals surface area (Å²) in [4.78, 5) is 101. The molecule has 3 aromatic rings. The van der Waals surface area contributed by atoms with Crippen LogP contribution in [0.5, 0.6) is 0 Å². The second kappa shape index (κ2) is 17.6. The number of aromatic nitrogens is 3. The molecular formula is C43H57N11O6. The molecule has 2 aliphatic heterocycles. The van der Waals surface area contributed by atoms with Crippen molar-refractivity contribution in [3.63, 3.8) is 0 Å². The highest BCUT2D eigenvalue weighted by Gasteiger charge is 2.53. The fourth-order valence-electron chi connectivity index (χ4n) is 7.64. The van der Waals surface area contributed by atoms with Crippen molar-refractivity contribution in [1.29, 1.82) is 0 Å². The number of amides is 7. The monoisotopic (exact) mass is 823 g/mol. The van der Waals surface area contributed by atoms with Crippen LogP contribution >= 0.6 is 0 Å². The van der Waals surface area contributed by atoms with Crippen LogP contribution in [-0.4, -0.2) is 112 Å². The number of nitrogens with zero attached hydrogens (tertiary/aromatic N) is 7. The standard InChI is InChI=1S/C43H57N11O6/c1-24(2)19-31(38(57)51(7)8)47-40(59)43(16-17-43)50-37(56)32-11-10-18-53(32)39(58)34(25(3)4)48-36(55)28-14-12-26(5)33(20-28)54-23-29-21-45-41(49-35(29)52(9)42(54)60)46-30-15-13-27(6)44-22-30/h12-15,20-22,24-25,31-32,34H,10-11,16-19,23H2,1-9H3,(H,47,59)(H,48,55)(H,50,56)(H,45,46,49)/t31-,32-,34-/m0/s1. The molecule has 17 heteroatoms. The van der Waals surface area contributed by atoms with Crippen LogP contribution in [0.2, 0.25) is 0 Å². The molecule has 0 bridgehead atoms. The number of likely N-dealkylation sites (tertiary alicyclic amines) is 1. The van der Waals surface area contributed by atoms with Crippen LogP contribution in [0.3, 0.4) is 0 Å². The first-order chi connectivity index (χ1) is 28.4. The zero-order valence-electron chi connectivity index (χ0n) is 36.0. The Balaban J connectivity index is 1.13. The van der Waals surface area contributed by atoms with Gasteiger partial charge in [0, 0.05) is 56.4 Å². The highest BCUT2D eigenvalue weighted by molar-refractivity contribution is 6.07. The van der Waals surface area contributed by atoms with E-state index in [1.807, 2.05) is 53.7 Å². The van der Waals surface area contributed by atoms with Crippen molar-refractivity contribution in [2.75, 3.05) is 42.8 Å². The van der Waals surface area contributed by atoms with Gasteiger partial charge in [0.25, 0.3) is 5.91 Å². The van der Waals surface area contributed by atoms with Crippen molar-refractivity contribution >= 4 is 58.7 Å². The minimum Gasteiger partial charge on any atom is -0.347 e. The molecule has 0 unspecified atom stereocenters. The number of carbonyl (C=O) groups excluding carboxylic acids is 6. The third kappa shape index (κ3) is 9.34. The number of aryl methyl sites for hydroxylation is 2. The van der Waals surface area contributed by atoms with E-state index < -0.39 is 47.3 Å². The molecule has 6 rings (SSSR count). The van der Waals surface area contributed by atoms with Crippen LogP contribution in [0.4, 0.5) is 27.9 Å². The molecule has 7 amide bonds. The number of hydrogen-bond donors (Lipinski definition) is 4. The lowest BCUT2D eigenvalue weighted by atomic mass is 10.0. The fourth-order valence-corrected chi connectivity index (χ4v) is 7.64. The van der Waals surface area contributed by atoms with Crippen molar-refractivity contribution in [3.8, 4) is 0 Å². The lowest BCUT2D eigenvalue weighted by Crippen LogP contribution is -2.59. The Morgan fingerprint density at radius 1 is 0.967 bits per heavy atom. The molecule has 4 N–H and O–H groups in total. The van der Waals surface area contributed by atoms with Gasteiger partial charge in [-0.05, 0) is 87.6 Å². The molecule has 320 valence electrons. The summed E-state index contributed by atoms with van der Waals surface area (Å²) in [5.41, 5.74) is 2.66. The molecule has 0 spiro atoms. The number of carbonyl (C=O) groups is 6. The molecular weight excluding hydrogens is 767 g/mol. The van der Waals surface area contributed by atoms with Gasteiger partial charge in [-0.15, -0.1) is 0 Å². The van der Waals surface area contributed by atoms with Gasteiger partial charge < -0.3 is 31.1 Å². The fraction of sp³-hybridized carbons (Fsp3) is 0.512. The molecule has 1 saturated carbocycles. The van der Waals surface area contributed by atoms with Crippen molar-refractivity contribution in [2.45, 2.75) is 104 Å².